The van der Waals surface area contributed by atoms with Crippen molar-refractivity contribution in [1.82, 2.24) is 0 Å². The number of hydrogen-bond donors (Lipinski definition) is 1. The van der Waals surface area contributed by atoms with Gasteiger partial charge in [0.2, 0.25) is 4.93 Å². The monoisotopic (exact) mass is 139 g/mol. The van der Waals surface area contributed by atoms with Crippen molar-refractivity contribution in [2.75, 3.05) is 0 Å². The zero-order valence-corrected chi connectivity index (χ0v) is 5.40. The van der Waals surface area contributed by atoms with E-state index in [-0.39, 0.29) is 0 Å². The lowest BCUT2D eigenvalue weighted by Crippen LogP contribution is -2.28. The fraction of sp³-hybridized carbons (Fsp3) is 1.00. The molecule has 1 N–H and O–H groups in total. The van der Waals surface area contributed by atoms with Gasteiger partial charge in [-0.15, -0.1) is 0 Å². The molecule has 49 valence electrons. The first-order valence-corrected chi connectivity index (χ1v) is 3.36. The van der Waals surface area contributed by atoms with Crippen LogP contribution >= 0.6 is 0 Å². The molecule has 0 aliphatic rings. The second-order valence-electron chi connectivity index (χ2n) is 1.87. The molecule has 0 rings (SSSR count). The Labute approximate surface area is 47.9 Å². The van der Waals surface area contributed by atoms with E-state index in [1.54, 1.807) is 0 Å². The summed E-state index contributed by atoms with van der Waals surface area (Å²) in [5.74, 6) is 0. The normalized spacial score (nSPS) is 14.0. The third-order valence-corrected chi connectivity index (χ3v) is 1.86. The van der Waals surface area contributed by atoms with Crippen LogP contribution in [-0.4, -0.2) is 17.9 Å². The molecule has 0 spiro atoms. The van der Waals surface area contributed by atoms with E-state index in [1.165, 1.54) is 0 Å². The summed E-state index contributed by atoms with van der Waals surface area (Å²) < 4.78 is 27.8. The molecular formula is C3H7O4S. The standard InChI is InChI=1S/C3H7O4S/c1-3(2,4)8(5,6)7/h1-2H3,(H,5,6,7). The number of hydrogen-bond acceptors (Lipinski definition) is 2. The fourth-order valence-electron chi connectivity index (χ4n) is 0. The molecule has 8 heavy (non-hydrogen) atoms. The average molecular weight is 139 g/mol. The molecule has 0 aromatic carbocycles. The van der Waals surface area contributed by atoms with E-state index in [9.17, 15) is 13.5 Å². The molecule has 4 nitrogen and oxygen atoms in total. The molecular weight excluding hydrogens is 132 g/mol. The van der Waals surface area contributed by atoms with Gasteiger partial charge in [-0.25, -0.2) is 5.11 Å². The van der Waals surface area contributed by atoms with Gasteiger partial charge in [-0.1, -0.05) is 0 Å². The smallest absolute Gasteiger partial charge is 0.283 e. The zero-order chi connectivity index (χ0) is 7.00. The van der Waals surface area contributed by atoms with Crippen molar-refractivity contribution in [2.24, 2.45) is 0 Å². The second kappa shape index (κ2) is 1.68. The molecule has 0 saturated carbocycles. The Morgan fingerprint density at radius 1 is 1.38 bits per heavy atom. The van der Waals surface area contributed by atoms with Gasteiger partial charge in [0.15, 0.2) is 0 Å². The summed E-state index contributed by atoms with van der Waals surface area (Å²) >= 11 is 0. The van der Waals surface area contributed by atoms with E-state index in [1.807, 2.05) is 0 Å². The Morgan fingerprint density at radius 2 is 1.50 bits per heavy atom. The first kappa shape index (κ1) is 7.87. The van der Waals surface area contributed by atoms with Crippen LogP contribution in [0.3, 0.4) is 0 Å². The van der Waals surface area contributed by atoms with Gasteiger partial charge in [0.1, 0.15) is 0 Å². The second-order valence-corrected chi connectivity index (χ2v) is 3.81. The van der Waals surface area contributed by atoms with Crippen LogP contribution in [0.4, 0.5) is 0 Å². The first-order valence-electron chi connectivity index (χ1n) is 1.92. The van der Waals surface area contributed by atoms with Crippen LogP contribution in [0.5, 0.6) is 0 Å². The Kier molecular flexibility index (Phi) is 1.65. The highest BCUT2D eigenvalue weighted by molar-refractivity contribution is 7.87. The molecule has 0 aromatic heterocycles. The van der Waals surface area contributed by atoms with Crippen LogP contribution in [0.2, 0.25) is 0 Å². The molecule has 0 heterocycles. The van der Waals surface area contributed by atoms with Gasteiger partial charge in [-0.2, -0.15) is 8.42 Å². The van der Waals surface area contributed by atoms with Crippen molar-refractivity contribution in [3.63, 3.8) is 0 Å². The third kappa shape index (κ3) is 1.77. The summed E-state index contributed by atoms with van der Waals surface area (Å²) in [5, 5.41) is 10.3. The van der Waals surface area contributed by atoms with Gasteiger partial charge < -0.3 is 0 Å². The summed E-state index contributed by atoms with van der Waals surface area (Å²) in [4.78, 5) is -2.28. The van der Waals surface area contributed by atoms with Crippen LogP contribution in [0.1, 0.15) is 13.8 Å². The quantitative estimate of drug-likeness (QED) is 0.521. The first-order chi connectivity index (χ1) is 3.25. The molecule has 0 fully saturated rings. The maximum atomic E-state index is 10.3. The summed E-state index contributed by atoms with van der Waals surface area (Å²) in [6.45, 7) is 1.75. The lowest BCUT2D eigenvalue weighted by atomic mass is 10.5. The van der Waals surface area contributed by atoms with Crippen molar-refractivity contribution >= 4 is 10.1 Å². The maximum absolute atomic E-state index is 10.3. The van der Waals surface area contributed by atoms with Crippen molar-refractivity contribution in [3.8, 4) is 0 Å². The Bertz CT molecular complexity index is 160. The molecule has 5 heteroatoms. The van der Waals surface area contributed by atoms with Gasteiger partial charge in [-0.3, -0.25) is 4.55 Å². The summed E-state index contributed by atoms with van der Waals surface area (Å²) in [5.41, 5.74) is 0. The van der Waals surface area contributed by atoms with Gasteiger partial charge >= 0.3 is 0 Å². The fourth-order valence-corrected chi connectivity index (χ4v) is 0. The highest BCUT2D eigenvalue weighted by Gasteiger charge is 2.31. The van der Waals surface area contributed by atoms with Crippen LogP contribution < -0.4 is 0 Å². The number of rotatable bonds is 1. The molecule has 0 aliphatic heterocycles. The Balaban J connectivity index is 4.53. The predicted octanol–water partition coefficient (Wildman–Crippen LogP) is 0.0408. The minimum Gasteiger partial charge on any atom is -0.283 e. The van der Waals surface area contributed by atoms with Gasteiger partial charge in [0.25, 0.3) is 10.1 Å². The van der Waals surface area contributed by atoms with Gasteiger partial charge in [0, 0.05) is 0 Å². The van der Waals surface area contributed by atoms with Crippen molar-refractivity contribution < 1.29 is 18.1 Å². The van der Waals surface area contributed by atoms with Crippen LogP contribution in [0, 0.1) is 0 Å². The molecule has 0 aliphatic carbocycles. The Hall–Kier alpha value is -0.130. The topological polar surface area (TPSA) is 74.3 Å². The van der Waals surface area contributed by atoms with E-state index in [0.717, 1.165) is 13.8 Å². The van der Waals surface area contributed by atoms with Gasteiger partial charge in [-0.05, 0) is 13.8 Å². The van der Waals surface area contributed by atoms with E-state index in [0.29, 0.717) is 0 Å². The highest BCUT2D eigenvalue weighted by atomic mass is 32.2. The van der Waals surface area contributed by atoms with Crippen LogP contribution in [0.25, 0.3) is 0 Å². The average Bonchev–Trinajstić information content (AvgIpc) is 1.25. The molecule has 0 unspecified atom stereocenters. The van der Waals surface area contributed by atoms with E-state index >= 15 is 0 Å². The molecule has 0 bridgehead atoms. The summed E-state index contributed by atoms with van der Waals surface area (Å²) in [6, 6.07) is 0. The minimum atomic E-state index is -4.40. The molecule has 0 amide bonds. The van der Waals surface area contributed by atoms with E-state index in [4.69, 9.17) is 4.55 Å². The SMILES string of the molecule is CC(C)([O])S(=O)(=O)O. The summed E-state index contributed by atoms with van der Waals surface area (Å²) in [6.07, 6.45) is 0. The minimum absolute atomic E-state index is 0.877. The van der Waals surface area contributed by atoms with E-state index in [2.05, 4.69) is 0 Å². The maximum Gasteiger partial charge on any atom is 0.297 e. The van der Waals surface area contributed by atoms with Crippen molar-refractivity contribution in [3.05, 3.63) is 0 Å². The summed E-state index contributed by atoms with van der Waals surface area (Å²) in [7, 11) is -4.40. The van der Waals surface area contributed by atoms with Crippen LogP contribution in [0.15, 0.2) is 0 Å². The molecule has 0 saturated heterocycles. The molecule has 1 radical (unpaired) electrons. The highest BCUT2D eigenvalue weighted by Crippen LogP contribution is 2.09. The Morgan fingerprint density at radius 3 is 1.50 bits per heavy atom. The lowest BCUT2D eigenvalue weighted by molar-refractivity contribution is 0.0699. The largest absolute Gasteiger partial charge is 0.297 e. The predicted molar refractivity (Wildman–Crippen MR) is 26.3 cm³/mol. The lowest BCUT2D eigenvalue weighted by Gasteiger charge is -2.07. The molecule has 0 atom stereocenters. The molecule has 0 aromatic rings. The van der Waals surface area contributed by atoms with E-state index < -0.39 is 15.1 Å². The van der Waals surface area contributed by atoms with Crippen molar-refractivity contribution in [1.29, 1.82) is 0 Å². The van der Waals surface area contributed by atoms with Gasteiger partial charge in [0.05, 0.1) is 0 Å². The third-order valence-electron chi connectivity index (χ3n) is 0.621. The van der Waals surface area contributed by atoms with Crippen LogP contribution in [-0.2, 0) is 15.2 Å². The van der Waals surface area contributed by atoms with Crippen molar-refractivity contribution in [2.45, 2.75) is 18.8 Å². The zero-order valence-electron chi connectivity index (χ0n) is 4.58.